The fraction of sp³-hybridized carbons (Fsp3) is 0.182. The topological polar surface area (TPSA) is 3.24 Å². The van der Waals surface area contributed by atoms with E-state index in [-0.39, 0.29) is 0 Å². The maximum atomic E-state index is 2.42. The van der Waals surface area contributed by atoms with Crippen molar-refractivity contribution in [1.82, 2.24) is 0 Å². The monoisotopic (exact) mass is 363 g/mol. The normalized spacial score (nSPS) is 13.5. The Kier molecular flexibility index (Phi) is 4.69. The van der Waals surface area contributed by atoms with Crippen molar-refractivity contribution in [3.63, 3.8) is 0 Å². The third-order valence-corrected chi connectivity index (χ3v) is 6.34. The Labute approximate surface area is 158 Å². The minimum Gasteiger partial charge on any atom is -0.337 e. The second-order valence-electron chi connectivity index (χ2n) is 6.45. The zero-order valence-corrected chi connectivity index (χ0v) is 16.2. The molecule has 1 aromatic heterocycles. The third-order valence-electron chi connectivity index (χ3n) is 4.47. The van der Waals surface area contributed by atoms with Gasteiger partial charge in [0.2, 0.25) is 0 Å². The second-order valence-corrected chi connectivity index (χ2v) is 8.28. The van der Waals surface area contributed by atoms with Gasteiger partial charge in [0.15, 0.2) is 0 Å². The van der Waals surface area contributed by atoms with Gasteiger partial charge in [-0.25, -0.2) is 0 Å². The number of fused-ring (bicyclic) bond motifs is 1. The summed E-state index contributed by atoms with van der Waals surface area (Å²) in [7, 11) is 0. The van der Waals surface area contributed by atoms with Crippen LogP contribution in [0, 0.1) is 13.8 Å². The molecular weight excluding hydrogens is 342 g/mol. The lowest BCUT2D eigenvalue weighted by atomic mass is 9.99. The summed E-state index contributed by atoms with van der Waals surface area (Å²) in [6.45, 7) is 5.27. The fourth-order valence-corrected chi connectivity index (χ4v) is 5.17. The first-order valence-electron chi connectivity index (χ1n) is 8.50. The summed E-state index contributed by atoms with van der Waals surface area (Å²) in [5.41, 5.74) is 8.02. The first-order chi connectivity index (χ1) is 12.2. The molecule has 3 aromatic rings. The highest BCUT2D eigenvalue weighted by molar-refractivity contribution is 7.99. The number of aryl methyl sites for hydroxylation is 2. The lowest BCUT2D eigenvalue weighted by Crippen LogP contribution is -2.22. The van der Waals surface area contributed by atoms with Crippen molar-refractivity contribution in [3.05, 3.63) is 82.1 Å². The predicted octanol–water partition coefficient (Wildman–Crippen LogP) is 6.69. The van der Waals surface area contributed by atoms with Crippen LogP contribution in [0.25, 0.3) is 5.57 Å². The third kappa shape index (κ3) is 3.53. The number of nitrogens with zero attached hydrogens (tertiary/aromatic N) is 1. The minimum absolute atomic E-state index is 0.930. The average molecular weight is 364 g/mol. The van der Waals surface area contributed by atoms with Crippen molar-refractivity contribution in [1.29, 1.82) is 0 Å². The van der Waals surface area contributed by atoms with Crippen molar-refractivity contribution in [3.8, 4) is 0 Å². The van der Waals surface area contributed by atoms with Crippen molar-refractivity contribution < 1.29 is 0 Å². The molecule has 0 radical (unpaired) electrons. The van der Waals surface area contributed by atoms with Crippen LogP contribution in [0.1, 0.15) is 16.7 Å². The molecule has 0 atom stereocenters. The van der Waals surface area contributed by atoms with E-state index in [1.54, 1.807) is 11.3 Å². The van der Waals surface area contributed by atoms with Crippen LogP contribution < -0.4 is 4.90 Å². The molecule has 0 N–H and O–H groups in total. The Hall–Kier alpha value is -1.97. The predicted molar refractivity (Wildman–Crippen MR) is 112 cm³/mol. The lowest BCUT2D eigenvalue weighted by Gasteiger charge is -2.31. The van der Waals surface area contributed by atoms with Crippen LogP contribution in [-0.4, -0.2) is 12.3 Å². The van der Waals surface area contributed by atoms with Gasteiger partial charge in [-0.3, -0.25) is 0 Å². The van der Waals surface area contributed by atoms with E-state index >= 15 is 0 Å². The number of benzene rings is 2. The molecule has 0 fully saturated rings. The zero-order chi connectivity index (χ0) is 17.2. The van der Waals surface area contributed by atoms with Crippen molar-refractivity contribution >= 4 is 40.0 Å². The summed E-state index contributed by atoms with van der Waals surface area (Å²) in [5.74, 6) is 1.02. The van der Waals surface area contributed by atoms with Gasteiger partial charge in [0.05, 0.1) is 0 Å². The fourth-order valence-electron chi connectivity index (χ4n) is 3.37. The lowest BCUT2D eigenvalue weighted by molar-refractivity contribution is 1.07. The summed E-state index contributed by atoms with van der Waals surface area (Å²) in [4.78, 5) is 3.79. The molecule has 0 aliphatic carbocycles. The van der Waals surface area contributed by atoms with E-state index in [0.717, 1.165) is 12.3 Å². The summed E-state index contributed by atoms with van der Waals surface area (Å²) < 4.78 is 0. The molecule has 1 nitrogen and oxygen atoms in total. The van der Waals surface area contributed by atoms with Crippen molar-refractivity contribution in [2.24, 2.45) is 0 Å². The molecule has 2 heterocycles. The number of hydrogen-bond donors (Lipinski definition) is 0. The zero-order valence-electron chi connectivity index (χ0n) is 14.5. The van der Waals surface area contributed by atoms with Gasteiger partial charge in [-0.2, -0.15) is 11.3 Å². The van der Waals surface area contributed by atoms with Crippen LogP contribution in [0.15, 0.2) is 70.3 Å². The summed E-state index contributed by atoms with van der Waals surface area (Å²) in [6, 6.07) is 17.8. The first kappa shape index (κ1) is 16.5. The highest BCUT2D eigenvalue weighted by Gasteiger charge is 2.20. The van der Waals surface area contributed by atoms with Gasteiger partial charge in [0.1, 0.15) is 0 Å². The molecule has 3 heteroatoms. The highest BCUT2D eigenvalue weighted by atomic mass is 32.2. The van der Waals surface area contributed by atoms with Gasteiger partial charge in [-0.05, 0) is 60.2 Å². The van der Waals surface area contributed by atoms with Crippen LogP contribution in [0.3, 0.4) is 0 Å². The Morgan fingerprint density at radius 2 is 1.84 bits per heavy atom. The summed E-state index contributed by atoms with van der Waals surface area (Å²) >= 11 is 3.69. The van der Waals surface area contributed by atoms with Crippen LogP contribution in [0.2, 0.25) is 0 Å². The van der Waals surface area contributed by atoms with E-state index in [1.807, 2.05) is 11.8 Å². The molecule has 4 rings (SSSR count). The number of hydrogen-bond acceptors (Lipinski definition) is 3. The van der Waals surface area contributed by atoms with Crippen LogP contribution in [0.4, 0.5) is 11.4 Å². The Morgan fingerprint density at radius 1 is 1.04 bits per heavy atom. The SMILES string of the molecule is Cc1cc(C)cc(N2CC=C(CSc3ccsc3)c3ccccc32)c1. The second kappa shape index (κ2) is 7.11. The van der Waals surface area contributed by atoms with Gasteiger partial charge >= 0.3 is 0 Å². The van der Waals surface area contributed by atoms with Gasteiger partial charge in [-0.15, -0.1) is 11.8 Å². The van der Waals surface area contributed by atoms with E-state index in [1.165, 1.54) is 38.5 Å². The molecular formula is C22H21NS2. The number of rotatable bonds is 4. The molecule has 126 valence electrons. The van der Waals surface area contributed by atoms with Gasteiger partial charge < -0.3 is 4.90 Å². The Balaban J connectivity index is 1.65. The standard InChI is InChI=1S/C22H21NS2/c1-16-11-17(2)13-19(12-16)23-9-7-18(14-25-20-8-10-24-15-20)21-5-3-4-6-22(21)23/h3-8,10-13,15H,9,14H2,1-2H3. The average Bonchev–Trinajstić information content (AvgIpc) is 3.12. The van der Waals surface area contributed by atoms with Gasteiger partial charge in [0, 0.05) is 39.5 Å². The quantitative estimate of drug-likeness (QED) is 0.475. The molecule has 0 saturated heterocycles. The Bertz CT molecular complexity index is 889. The van der Waals surface area contributed by atoms with Crippen LogP contribution in [-0.2, 0) is 0 Å². The van der Waals surface area contributed by atoms with Crippen LogP contribution >= 0.6 is 23.1 Å². The number of para-hydroxylation sites is 1. The molecule has 25 heavy (non-hydrogen) atoms. The van der Waals surface area contributed by atoms with Gasteiger partial charge in [-0.1, -0.05) is 30.3 Å². The van der Waals surface area contributed by atoms with Gasteiger partial charge in [0.25, 0.3) is 0 Å². The molecule has 0 bridgehead atoms. The van der Waals surface area contributed by atoms with E-state index in [9.17, 15) is 0 Å². The maximum absolute atomic E-state index is 2.42. The van der Waals surface area contributed by atoms with Crippen LogP contribution in [0.5, 0.6) is 0 Å². The first-order valence-corrected chi connectivity index (χ1v) is 10.4. The van der Waals surface area contributed by atoms with E-state index in [0.29, 0.717) is 0 Å². The minimum atomic E-state index is 0.930. The smallest absolute Gasteiger partial charge is 0.0490 e. The van der Waals surface area contributed by atoms with E-state index < -0.39 is 0 Å². The van der Waals surface area contributed by atoms with Crippen molar-refractivity contribution in [2.75, 3.05) is 17.2 Å². The molecule has 0 spiro atoms. The summed E-state index contributed by atoms with van der Waals surface area (Å²) in [6.07, 6.45) is 2.39. The largest absolute Gasteiger partial charge is 0.337 e. The maximum Gasteiger partial charge on any atom is 0.0490 e. The number of thiophene rings is 1. The summed E-state index contributed by atoms with van der Waals surface area (Å²) in [5, 5.41) is 4.37. The van der Waals surface area contributed by atoms with Crippen molar-refractivity contribution in [2.45, 2.75) is 18.7 Å². The highest BCUT2D eigenvalue weighted by Crippen LogP contribution is 2.39. The van der Waals surface area contributed by atoms with E-state index in [4.69, 9.17) is 0 Å². The molecule has 2 aromatic carbocycles. The molecule has 0 unspecified atom stereocenters. The van der Waals surface area contributed by atoms with E-state index in [2.05, 4.69) is 84.1 Å². The molecule has 0 saturated carbocycles. The molecule has 1 aliphatic heterocycles. The Morgan fingerprint density at radius 3 is 2.60 bits per heavy atom. The molecule has 1 aliphatic rings. The number of anilines is 2. The number of thioether (sulfide) groups is 1. The molecule has 0 amide bonds.